The van der Waals surface area contributed by atoms with Crippen LogP contribution in [0.2, 0.25) is 0 Å². The van der Waals surface area contributed by atoms with Crippen LogP contribution in [-0.4, -0.2) is 307 Å². The Morgan fingerprint density at radius 1 is 0.545 bits per heavy atom. The van der Waals surface area contributed by atoms with Crippen molar-refractivity contribution in [2.75, 3.05) is 65.5 Å². The van der Waals surface area contributed by atoms with Crippen molar-refractivity contribution in [1.29, 1.82) is 5.41 Å². The molecule has 132 heavy (non-hydrogen) atoms. The summed E-state index contributed by atoms with van der Waals surface area (Å²) in [6, 6.07) is 0.659. The van der Waals surface area contributed by atoms with Crippen molar-refractivity contribution in [3.8, 4) is 0 Å². The molecule has 3 aromatic heterocycles. The van der Waals surface area contributed by atoms with Gasteiger partial charge >= 0.3 is 0 Å². The monoisotopic (exact) mass is 1850 g/mol. The molecular weight excluding hydrogens is 1730 g/mol. The maximum absolute atomic E-state index is 15.7. The van der Waals surface area contributed by atoms with Crippen LogP contribution in [0.25, 0.3) is 21.8 Å². The fourth-order valence-electron chi connectivity index (χ4n) is 15.7. The molecule has 42 nitrogen and oxygen atoms in total. The first kappa shape index (κ1) is 104. The molecule has 6 aromatic rings. The summed E-state index contributed by atoms with van der Waals surface area (Å²) < 4.78 is 0. The zero-order valence-electron chi connectivity index (χ0n) is 75.4. The number of aliphatic hydroxyl groups excluding tert-OH is 2. The molecule has 22 N–H and O–H groups in total. The van der Waals surface area contributed by atoms with E-state index >= 15 is 24.0 Å². The highest BCUT2D eigenvalue weighted by Crippen LogP contribution is 2.26. The van der Waals surface area contributed by atoms with Gasteiger partial charge in [-0.1, -0.05) is 120 Å². The number of imidazole rings is 1. The number of primary amides is 1. The second-order valence-electron chi connectivity index (χ2n) is 33.4. The van der Waals surface area contributed by atoms with Crippen LogP contribution in [0, 0.1) is 11.3 Å². The van der Waals surface area contributed by atoms with Gasteiger partial charge < -0.3 is 125 Å². The third-order valence-corrected chi connectivity index (χ3v) is 24.2. The van der Waals surface area contributed by atoms with Gasteiger partial charge in [-0.3, -0.25) is 82.1 Å². The van der Waals surface area contributed by atoms with Crippen molar-refractivity contribution >= 4 is 140 Å². The molecule has 3 aromatic carbocycles. The van der Waals surface area contributed by atoms with Gasteiger partial charge in [0.05, 0.1) is 31.8 Å². The Kier molecular flexibility index (Phi) is 40.5. The van der Waals surface area contributed by atoms with Gasteiger partial charge in [0.25, 0.3) is 0 Å². The van der Waals surface area contributed by atoms with E-state index in [0.717, 1.165) is 31.4 Å². The minimum atomic E-state index is -1.90. The van der Waals surface area contributed by atoms with Gasteiger partial charge in [-0.05, 0) is 86.6 Å². The number of fused-ring (bicyclic) bond motifs is 3. The summed E-state index contributed by atoms with van der Waals surface area (Å²) in [4.78, 5) is 265. The van der Waals surface area contributed by atoms with E-state index in [1.165, 1.54) is 40.6 Å². The smallest absolute Gasteiger partial charge is 0.246 e. The summed E-state index contributed by atoms with van der Waals surface area (Å²) in [7, 11) is 3.95. The molecule has 43 heteroatoms. The van der Waals surface area contributed by atoms with Gasteiger partial charge in [0.1, 0.15) is 90.9 Å². The maximum Gasteiger partial charge on any atom is 0.246 e. The molecular formula is C89H125N23O19S. The third-order valence-electron chi connectivity index (χ3n) is 23.1. The van der Waals surface area contributed by atoms with E-state index in [4.69, 9.17) is 16.9 Å². The highest BCUT2D eigenvalue weighted by molar-refractivity contribution is 8.00. The number of aliphatic hydroxyl groups is 2. The van der Waals surface area contributed by atoms with Crippen molar-refractivity contribution in [1.82, 2.24) is 103 Å². The molecule has 0 bridgehead atoms. The number of hydrogen-bond donors (Lipinski definition) is 20. The van der Waals surface area contributed by atoms with E-state index in [-0.39, 0.29) is 89.6 Å². The number of nitrogens with one attached hydrogen (secondary N) is 16. The Morgan fingerprint density at radius 2 is 1.05 bits per heavy atom. The summed E-state index contributed by atoms with van der Waals surface area (Å²) in [5, 5.41) is 62.6. The van der Waals surface area contributed by atoms with Crippen molar-refractivity contribution in [3.63, 3.8) is 0 Å². The fourth-order valence-corrected chi connectivity index (χ4v) is 16.5. The first-order chi connectivity index (χ1) is 63.1. The minimum Gasteiger partial charge on any atom is -0.394 e. The highest BCUT2D eigenvalue weighted by atomic mass is 32.2. The second kappa shape index (κ2) is 51.3. The number of thioether (sulfide) groups is 1. The number of likely N-dealkylation sites (N-methyl/N-ethyl adjacent to an activating group) is 3. The molecule has 8 rings (SSSR count). The molecule has 0 unspecified atom stereocenters. The van der Waals surface area contributed by atoms with Crippen LogP contribution in [0.3, 0.4) is 0 Å². The Bertz CT molecular complexity index is 5010. The number of aldehydes is 1. The first-order valence-electron chi connectivity index (χ1n) is 44.2. The van der Waals surface area contributed by atoms with Crippen LogP contribution in [0.1, 0.15) is 134 Å². The van der Waals surface area contributed by atoms with Gasteiger partial charge in [-0.15, -0.1) is 11.8 Å². The molecule has 16 amide bonds. The number of H-pyrrole nitrogens is 3. The van der Waals surface area contributed by atoms with Crippen LogP contribution < -0.4 is 75.3 Å². The number of amides is 16. The SMILES string of the molecule is CCCC[C@H]1C(=O)N(C)[C@@H](CCCC)C(=O)N[C@@H](CCCNC(=N)N)C(=O)N[C@H](C(=O)NCC(N)=O)CSCC(=O)N[C@@H](Cc2ccccc2)C(=O)N(C)[C@@H](C)C(=O)N[C@@H](CC=O)C(=O)N2CCC[C@H]2C(=O)N[C@@H](Cc2cnc[nH]2)C(=O)N[C@@H](CC(C)C)C(=O)N[C@@H](CO)C(=O)N[C@@H](Cc2c[nH]c3ccccc23)C(=O)N[C@@H](CO)C(=O)N[C@@H](Cc2c[nH]c3ccccc23)C(=O)N1C. The number of aromatic amines is 3. The zero-order chi connectivity index (χ0) is 96.4. The Hall–Kier alpha value is -13.3. The molecule has 0 spiro atoms. The number of nitrogens with zero attached hydrogens (tertiary/aromatic N) is 5. The summed E-state index contributed by atoms with van der Waals surface area (Å²) in [5.74, 6) is -16.7. The molecule has 2 aliphatic heterocycles. The Balaban J connectivity index is 1.18. The predicted octanol–water partition coefficient (Wildman–Crippen LogP) is -2.41. The van der Waals surface area contributed by atoms with E-state index in [9.17, 15) is 67.7 Å². The molecule has 5 heterocycles. The van der Waals surface area contributed by atoms with Gasteiger partial charge in [0, 0.05) is 118 Å². The molecule has 2 fully saturated rings. The number of benzene rings is 3. The normalized spacial score (nSPS) is 24.0. The van der Waals surface area contributed by atoms with Crippen LogP contribution >= 0.6 is 11.8 Å². The highest BCUT2D eigenvalue weighted by Gasteiger charge is 2.44. The summed E-state index contributed by atoms with van der Waals surface area (Å²) >= 11 is 0.798. The number of carbonyl (C=O) groups excluding carboxylic acids is 17. The summed E-state index contributed by atoms with van der Waals surface area (Å²) in [6.07, 6.45) is 6.20. The summed E-state index contributed by atoms with van der Waals surface area (Å²) in [6.45, 7) is 5.45. The Morgan fingerprint density at radius 3 is 1.63 bits per heavy atom. The lowest BCUT2D eigenvalue weighted by atomic mass is 10.00. The average Bonchev–Trinajstić information content (AvgIpc) is 1.37. The van der Waals surface area contributed by atoms with E-state index in [2.05, 4.69) is 83.7 Å². The van der Waals surface area contributed by atoms with E-state index in [1.54, 1.807) is 105 Å². The molecule has 0 aliphatic carbocycles. The lowest BCUT2D eigenvalue weighted by molar-refractivity contribution is -0.149. The van der Waals surface area contributed by atoms with E-state index < -0.39 is 223 Å². The zero-order valence-corrected chi connectivity index (χ0v) is 76.3. The number of unbranched alkanes of at least 4 members (excludes halogenated alkanes) is 2. The molecule has 716 valence electrons. The van der Waals surface area contributed by atoms with Gasteiger partial charge in [0.2, 0.25) is 94.5 Å². The Labute approximate surface area is 768 Å². The van der Waals surface area contributed by atoms with Crippen molar-refractivity contribution in [3.05, 3.63) is 126 Å². The van der Waals surface area contributed by atoms with Gasteiger partial charge in [0.15, 0.2) is 5.96 Å². The number of para-hydroxylation sites is 2. The van der Waals surface area contributed by atoms with Crippen LogP contribution in [-0.2, 0) is 107 Å². The lowest BCUT2D eigenvalue weighted by Crippen LogP contribution is -2.62. The lowest BCUT2D eigenvalue weighted by Gasteiger charge is -2.36. The van der Waals surface area contributed by atoms with Crippen molar-refractivity contribution in [2.45, 2.75) is 222 Å². The molecule has 0 radical (unpaired) electrons. The largest absolute Gasteiger partial charge is 0.394 e. The van der Waals surface area contributed by atoms with Gasteiger partial charge in [-0.25, -0.2) is 4.98 Å². The summed E-state index contributed by atoms with van der Waals surface area (Å²) in [5.41, 5.74) is 14.2. The van der Waals surface area contributed by atoms with Crippen LogP contribution in [0.4, 0.5) is 0 Å². The fraction of sp³-hybridized carbons (Fsp3) is 0.517. The molecule has 0 saturated carbocycles. The first-order valence-corrected chi connectivity index (χ1v) is 45.4. The number of nitrogens with two attached hydrogens (primary N) is 2. The molecule has 2 saturated heterocycles. The van der Waals surface area contributed by atoms with E-state index in [0.29, 0.717) is 76.2 Å². The van der Waals surface area contributed by atoms with Gasteiger partial charge in [-0.2, -0.15) is 0 Å². The maximum atomic E-state index is 15.7. The predicted molar refractivity (Wildman–Crippen MR) is 488 cm³/mol. The number of carbonyl (C=O) groups is 17. The number of rotatable bonds is 27. The van der Waals surface area contributed by atoms with Crippen molar-refractivity contribution < 1.29 is 91.7 Å². The molecule has 14 atom stereocenters. The van der Waals surface area contributed by atoms with Crippen molar-refractivity contribution in [2.24, 2.45) is 17.4 Å². The standard InChI is InChI=1S/C89H125N23O19S/c1-9-11-29-70-83(126)100-60(28-20-33-94-89(91)92)77(120)108-69(76(119)97-44-73(90)116)47-132-48-74(117)99-65(37-52-22-14-13-15-23-52)85(128)109(6)51(5)75(118)101-61(32-35-113)87(130)112-34-21-31-71(112)84(127)104-64(40-55-43-93-49-98-55)80(123)102-62(36-50(3)4)78(121)106-67(45-114)81(124)103-63(38-53-41-95-58-26-18-16-24-56(53)58)79(122)107-68(46-115)82(125)105-66(39-54-42-96-59-27-19-17-25-57(54)59)86(129)111(8)72(30-12-10-2)88(131)110(70)7/h13-19,22-27,35,41-43,49-51,60-72,95-96,114-115H,9-12,20-21,28-34,36-40,44-48H2,1-8H3,(H2,90,116)(H,93,98)(H,97,119)(H,99,117)(H,100,126)(H,101,118)(H,102,123)(H,103,124)(H,104,127)(H,105,125)(H,106,121)(H,107,122)(H,108,120)(H4,91,92,94)/t51-,60-,61-,62-,63-,64-,65-,66-,67-,68-,69-,70-,71-,72-/m0/s1. The minimum absolute atomic E-state index is 0.00169. The third kappa shape index (κ3) is 29.9. The van der Waals surface area contributed by atoms with Crippen LogP contribution in [0.15, 0.2) is 104 Å². The topological polar surface area (TPSA) is 624 Å². The average molecular weight is 1850 g/mol. The quantitative estimate of drug-likeness (QED) is 0.0111. The molecule has 2 aliphatic rings. The van der Waals surface area contributed by atoms with Crippen LogP contribution in [0.5, 0.6) is 0 Å². The number of hydrogen-bond acceptors (Lipinski definition) is 22. The second-order valence-corrected chi connectivity index (χ2v) is 34.4. The van der Waals surface area contributed by atoms with E-state index in [1.807, 2.05) is 13.8 Å². The number of aromatic nitrogens is 4. The number of guanidine groups is 1.